The maximum Gasteiger partial charge on any atom is 0.416 e. The van der Waals surface area contributed by atoms with Crippen LogP contribution in [0, 0.1) is 0 Å². The largest absolute Gasteiger partial charge is 0.493 e. The number of alkyl halides is 3. The molecule has 1 N–H and O–H groups in total. The Labute approximate surface area is 173 Å². The van der Waals surface area contributed by atoms with Crippen molar-refractivity contribution >= 4 is 5.91 Å². The predicted octanol–water partition coefficient (Wildman–Crippen LogP) is 3.94. The van der Waals surface area contributed by atoms with Gasteiger partial charge in [-0.1, -0.05) is 12.1 Å². The molecule has 30 heavy (non-hydrogen) atoms. The van der Waals surface area contributed by atoms with Crippen LogP contribution in [0.5, 0.6) is 11.5 Å². The van der Waals surface area contributed by atoms with E-state index in [1.54, 1.807) is 14.2 Å². The highest BCUT2D eigenvalue weighted by Gasteiger charge is 2.33. The molecule has 2 atom stereocenters. The fourth-order valence-electron chi connectivity index (χ4n) is 3.80. The second-order valence-electron chi connectivity index (χ2n) is 7.43. The normalized spacial score (nSPS) is 19.9. The lowest BCUT2D eigenvalue weighted by Gasteiger charge is -2.37. The van der Waals surface area contributed by atoms with Crippen LogP contribution in [0.15, 0.2) is 42.5 Å². The van der Waals surface area contributed by atoms with Gasteiger partial charge in [0.2, 0.25) is 0 Å². The van der Waals surface area contributed by atoms with Gasteiger partial charge in [0.25, 0.3) is 5.91 Å². The Bertz CT molecular complexity index is 901. The van der Waals surface area contributed by atoms with E-state index in [2.05, 4.69) is 10.2 Å². The lowest BCUT2D eigenvalue weighted by atomic mass is 9.85. The Hall–Kier alpha value is -2.74. The summed E-state index contributed by atoms with van der Waals surface area (Å²) in [5.74, 6) is 0.639. The van der Waals surface area contributed by atoms with Crippen molar-refractivity contribution in [2.24, 2.45) is 0 Å². The number of likely N-dealkylation sites (tertiary alicyclic amines) is 1. The highest BCUT2D eigenvalue weighted by atomic mass is 19.4. The van der Waals surface area contributed by atoms with Crippen LogP contribution in [0.25, 0.3) is 0 Å². The van der Waals surface area contributed by atoms with Gasteiger partial charge in [0, 0.05) is 24.1 Å². The number of piperidine rings is 1. The van der Waals surface area contributed by atoms with E-state index in [4.69, 9.17) is 9.47 Å². The molecule has 0 spiro atoms. The molecule has 0 aromatic heterocycles. The Morgan fingerprint density at radius 3 is 2.50 bits per heavy atom. The highest BCUT2D eigenvalue weighted by Crippen LogP contribution is 2.34. The quantitative estimate of drug-likeness (QED) is 0.793. The van der Waals surface area contributed by atoms with Gasteiger partial charge < -0.3 is 19.7 Å². The first-order valence-corrected chi connectivity index (χ1v) is 9.61. The fraction of sp³-hybridized carbons (Fsp3) is 0.409. The minimum atomic E-state index is -4.49. The summed E-state index contributed by atoms with van der Waals surface area (Å²) in [6.07, 6.45) is -3.81. The van der Waals surface area contributed by atoms with E-state index in [1.807, 2.05) is 25.2 Å². The number of nitrogens with one attached hydrogen (secondary N) is 1. The van der Waals surface area contributed by atoms with Gasteiger partial charge in [-0.15, -0.1) is 0 Å². The number of amides is 1. The number of methoxy groups -OCH3 is 2. The summed E-state index contributed by atoms with van der Waals surface area (Å²) in [6.45, 7) is 1.47. The number of nitrogens with zero attached hydrogens (tertiary/aromatic N) is 1. The highest BCUT2D eigenvalue weighted by molar-refractivity contribution is 5.94. The van der Waals surface area contributed by atoms with Crippen LogP contribution in [0.4, 0.5) is 13.2 Å². The Morgan fingerprint density at radius 2 is 1.83 bits per heavy atom. The predicted molar refractivity (Wildman–Crippen MR) is 107 cm³/mol. The molecule has 3 rings (SSSR count). The van der Waals surface area contributed by atoms with Gasteiger partial charge in [-0.05, 0) is 55.9 Å². The van der Waals surface area contributed by atoms with Crippen LogP contribution < -0.4 is 14.8 Å². The monoisotopic (exact) mass is 422 g/mol. The molecule has 1 amide bonds. The molecule has 5 nitrogen and oxygen atoms in total. The van der Waals surface area contributed by atoms with Crippen LogP contribution in [0.3, 0.4) is 0 Å². The van der Waals surface area contributed by atoms with Crippen molar-refractivity contribution in [3.8, 4) is 11.5 Å². The van der Waals surface area contributed by atoms with E-state index in [0.717, 1.165) is 24.2 Å². The van der Waals surface area contributed by atoms with Gasteiger partial charge in [0.15, 0.2) is 11.5 Å². The Balaban J connectivity index is 1.84. The zero-order valence-corrected chi connectivity index (χ0v) is 17.1. The van der Waals surface area contributed by atoms with E-state index in [1.165, 1.54) is 12.1 Å². The number of ether oxygens (including phenoxy) is 2. The van der Waals surface area contributed by atoms with E-state index in [-0.39, 0.29) is 17.5 Å². The minimum absolute atomic E-state index is 0.00480. The molecule has 2 aromatic carbocycles. The number of carbonyl (C=O) groups excluding carboxylic acids is 1. The third kappa shape index (κ3) is 4.87. The molecule has 2 aromatic rings. The topological polar surface area (TPSA) is 50.8 Å². The SMILES string of the molecule is COc1ccc(C2CN(C)CCC2NC(=O)c2cccc(C(F)(F)F)c2)cc1OC. The summed E-state index contributed by atoms with van der Waals surface area (Å²) in [5, 5.41) is 2.94. The molecule has 0 aliphatic carbocycles. The number of halogens is 3. The lowest BCUT2D eigenvalue weighted by Crippen LogP contribution is -2.48. The van der Waals surface area contributed by atoms with E-state index < -0.39 is 17.6 Å². The van der Waals surface area contributed by atoms with E-state index in [0.29, 0.717) is 24.5 Å². The summed E-state index contributed by atoms with van der Waals surface area (Å²) in [4.78, 5) is 14.9. The number of rotatable bonds is 5. The van der Waals surface area contributed by atoms with Gasteiger partial charge in [-0.3, -0.25) is 4.79 Å². The average Bonchev–Trinajstić information content (AvgIpc) is 2.73. The van der Waals surface area contributed by atoms with Crippen LogP contribution in [-0.2, 0) is 6.18 Å². The number of benzene rings is 2. The second kappa shape index (κ2) is 8.95. The molecule has 0 saturated carbocycles. The van der Waals surface area contributed by atoms with Crippen molar-refractivity contribution in [1.82, 2.24) is 10.2 Å². The van der Waals surface area contributed by atoms with Gasteiger partial charge >= 0.3 is 6.18 Å². The third-order valence-corrected chi connectivity index (χ3v) is 5.42. The second-order valence-corrected chi connectivity index (χ2v) is 7.43. The molecule has 2 unspecified atom stereocenters. The van der Waals surface area contributed by atoms with Crippen molar-refractivity contribution in [3.05, 3.63) is 59.2 Å². The maximum absolute atomic E-state index is 13.0. The number of likely N-dealkylation sites (N-methyl/N-ethyl adjacent to an activating group) is 1. The molecule has 1 fully saturated rings. The van der Waals surface area contributed by atoms with E-state index in [9.17, 15) is 18.0 Å². The van der Waals surface area contributed by atoms with Crippen molar-refractivity contribution in [2.45, 2.75) is 24.6 Å². The smallest absolute Gasteiger partial charge is 0.416 e. The summed E-state index contributed by atoms with van der Waals surface area (Å²) >= 11 is 0. The summed E-state index contributed by atoms with van der Waals surface area (Å²) in [6, 6.07) is 9.88. The van der Waals surface area contributed by atoms with Crippen molar-refractivity contribution in [3.63, 3.8) is 0 Å². The number of carbonyl (C=O) groups is 1. The standard InChI is InChI=1S/C22H25F3N2O3/c1-27-10-9-18(17(13-27)14-7-8-19(29-2)20(12-14)30-3)26-21(28)15-5-4-6-16(11-15)22(23,24)25/h4-8,11-12,17-18H,9-10,13H2,1-3H3,(H,26,28). The van der Waals surface area contributed by atoms with Crippen molar-refractivity contribution in [1.29, 1.82) is 0 Å². The molecular formula is C22H25F3N2O3. The Kier molecular flexibility index (Phi) is 6.55. The molecule has 0 radical (unpaired) electrons. The van der Waals surface area contributed by atoms with Gasteiger partial charge in [0.1, 0.15) is 0 Å². The fourth-order valence-corrected chi connectivity index (χ4v) is 3.80. The van der Waals surface area contributed by atoms with Crippen LogP contribution in [0.2, 0.25) is 0 Å². The lowest BCUT2D eigenvalue weighted by molar-refractivity contribution is -0.137. The zero-order valence-electron chi connectivity index (χ0n) is 17.1. The number of hydrogen-bond acceptors (Lipinski definition) is 4. The van der Waals surface area contributed by atoms with Crippen LogP contribution in [0.1, 0.15) is 33.8 Å². The molecule has 1 heterocycles. The van der Waals surface area contributed by atoms with E-state index >= 15 is 0 Å². The average molecular weight is 422 g/mol. The number of hydrogen-bond donors (Lipinski definition) is 1. The Morgan fingerprint density at radius 1 is 1.10 bits per heavy atom. The summed E-state index contributed by atoms with van der Waals surface area (Å²) < 4.78 is 49.7. The first kappa shape index (κ1) is 22.0. The van der Waals surface area contributed by atoms with Gasteiger partial charge in [0.05, 0.1) is 19.8 Å². The third-order valence-electron chi connectivity index (χ3n) is 5.42. The molecular weight excluding hydrogens is 397 g/mol. The van der Waals surface area contributed by atoms with Crippen molar-refractivity contribution < 1.29 is 27.4 Å². The van der Waals surface area contributed by atoms with Gasteiger partial charge in [-0.25, -0.2) is 0 Å². The molecule has 1 saturated heterocycles. The summed E-state index contributed by atoms with van der Waals surface area (Å²) in [5.41, 5.74) is 0.123. The summed E-state index contributed by atoms with van der Waals surface area (Å²) in [7, 11) is 5.12. The zero-order chi connectivity index (χ0) is 21.9. The van der Waals surface area contributed by atoms with Crippen molar-refractivity contribution in [2.75, 3.05) is 34.4 Å². The molecule has 1 aliphatic rings. The molecule has 162 valence electrons. The molecule has 0 bridgehead atoms. The van der Waals surface area contributed by atoms with Gasteiger partial charge in [-0.2, -0.15) is 13.2 Å². The first-order valence-electron chi connectivity index (χ1n) is 9.61. The molecule has 1 aliphatic heterocycles. The van der Waals surface area contributed by atoms with Crippen LogP contribution >= 0.6 is 0 Å². The maximum atomic E-state index is 13.0. The minimum Gasteiger partial charge on any atom is -0.493 e. The van der Waals surface area contributed by atoms with Crippen LogP contribution in [-0.4, -0.2) is 51.2 Å². The molecule has 8 heteroatoms. The first-order chi connectivity index (χ1) is 14.2.